The van der Waals surface area contributed by atoms with E-state index in [2.05, 4.69) is 74.6 Å². The lowest BCUT2D eigenvalue weighted by Crippen LogP contribution is -2.54. The van der Waals surface area contributed by atoms with Crippen LogP contribution in [0.25, 0.3) is 83.9 Å². The van der Waals surface area contributed by atoms with Gasteiger partial charge in [0.1, 0.15) is 81.1 Å². The van der Waals surface area contributed by atoms with E-state index in [4.69, 9.17) is 9.47 Å². The van der Waals surface area contributed by atoms with Gasteiger partial charge in [0.05, 0.1) is 87.0 Å². The van der Waals surface area contributed by atoms with Crippen molar-refractivity contribution in [1.82, 2.24) is 83.2 Å². The maximum Gasteiger partial charge on any atom is 0.355 e. The lowest BCUT2D eigenvalue weighted by atomic mass is 10.0. The molecule has 3 aromatic carbocycles. The number of pyridine rings is 4. The van der Waals surface area contributed by atoms with Crippen LogP contribution in [0.5, 0.6) is 23.5 Å². The molecule has 0 unspecified atom stereocenters. The predicted octanol–water partition coefficient (Wildman–Crippen LogP) is 13.1. The maximum atomic E-state index is 16.0. The van der Waals surface area contributed by atoms with Crippen LogP contribution in [0.4, 0.5) is 43.8 Å². The number of piperazine rings is 3. The van der Waals surface area contributed by atoms with Crippen LogP contribution in [0, 0.1) is 53.2 Å². The highest BCUT2D eigenvalue weighted by atomic mass is 19.1. The van der Waals surface area contributed by atoms with Gasteiger partial charge in [0.25, 0.3) is 0 Å². The van der Waals surface area contributed by atoms with Crippen molar-refractivity contribution in [3.8, 4) is 80.4 Å². The number of rotatable bonds is 19. The van der Waals surface area contributed by atoms with E-state index >= 15 is 17.6 Å². The van der Waals surface area contributed by atoms with E-state index in [0.717, 1.165) is 69.6 Å². The summed E-state index contributed by atoms with van der Waals surface area (Å²) in [7, 11) is 3.00. The van der Waals surface area contributed by atoms with E-state index in [0.29, 0.717) is 110 Å². The van der Waals surface area contributed by atoms with Gasteiger partial charge in [0.2, 0.25) is 17.7 Å². The molecular weight excluding hydrogens is 1710 g/mol. The molecule has 3 aliphatic heterocycles. The molecule has 0 spiro atoms. The monoisotopic (exact) mass is 1800 g/mol. The zero-order valence-corrected chi connectivity index (χ0v) is 73.4. The first-order valence-electron chi connectivity index (χ1n) is 43.4. The molecule has 7 fully saturated rings. The minimum atomic E-state index is -0.937. The molecule has 37 heteroatoms. The number of aromatic nitrogens is 14. The summed E-state index contributed by atoms with van der Waals surface area (Å²) in [5.41, 5.74) is 0.925. The van der Waals surface area contributed by atoms with Crippen molar-refractivity contribution in [2.24, 2.45) is 0 Å². The van der Waals surface area contributed by atoms with E-state index in [9.17, 15) is 53.0 Å². The molecule has 3 amide bonds. The Morgan fingerprint density at radius 3 is 1.09 bits per heavy atom. The molecular formula is C95H91F6N21O10. The topological polar surface area (TPSA) is 361 Å². The number of aromatic hydroxyl groups is 2. The Hall–Kier alpha value is -14.9. The average molecular weight is 1800 g/mol. The van der Waals surface area contributed by atoms with Crippen molar-refractivity contribution in [2.45, 2.75) is 141 Å². The summed E-state index contributed by atoms with van der Waals surface area (Å²) < 4.78 is 108. The number of nitriles is 1. The number of methoxy groups -OCH3 is 2. The number of amides is 3. The molecule has 2 N–H and O–H groups in total. The second kappa shape index (κ2) is 35.9. The molecule has 678 valence electrons. The molecule has 4 aliphatic carbocycles. The number of hydrogen-bond acceptors (Lipinski definition) is 25. The number of carbonyl (C=O) groups is 3. The molecule has 3 atom stereocenters. The van der Waals surface area contributed by atoms with Crippen molar-refractivity contribution >= 4 is 68.3 Å². The van der Waals surface area contributed by atoms with Crippen LogP contribution in [0.3, 0.4) is 0 Å². The Morgan fingerprint density at radius 2 is 0.780 bits per heavy atom. The number of halogens is 6. The van der Waals surface area contributed by atoms with Gasteiger partial charge in [0, 0.05) is 106 Å². The fraction of sp³-hybridized carbons (Fsp3) is 0.347. The summed E-state index contributed by atoms with van der Waals surface area (Å²) in [5, 5.41) is 31.2. The van der Waals surface area contributed by atoms with Crippen LogP contribution >= 0.6 is 0 Å². The SMILES string of the molecule is C=CC(=O)N1CCN(c2nc(=O)n(-c3c(C)cc(C#N)nc3C(C)C)c3nc(-c4c(O)cccc4F)c(F)cc23)[C@@H](C)C1.C=CC(=O)N1CCN(c2nc(=O)n(-c3c(C4CC4)nc(OC)nc3C3CC3)c3nc(-c4c(O)cccc4F)c(F)cc23)[C@@H](C)C1.C=CC(=O)N1CCN(c2nc(=O)n(-c3c(C4CC4)nc(OC)nc3C3CC3)c3nc(-c4ccccc4F)c(F)cc23)[C@@H](C)C1. The molecule has 19 rings (SSSR count). The van der Waals surface area contributed by atoms with E-state index in [1.165, 1.54) is 107 Å². The van der Waals surface area contributed by atoms with Gasteiger partial charge >= 0.3 is 29.1 Å². The average Bonchev–Trinajstić information content (AvgIpc) is 1.27. The van der Waals surface area contributed by atoms with Gasteiger partial charge in [-0.1, -0.05) is 57.8 Å². The van der Waals surface area contributed by atoms with Crippen molar-refractivity contribution in [2.75, 3.05) is 87.8 Å². The number of aryl methyl sites for hydroxylation is 1. The van der Waals surface area contributed by atoms with Crippen LogP contribution in [0.2, 0.25) is 0 Å². The second-order valence-electron chi connectivity index (χ2n) is 34.2. The molecule has 0 bridgehead atoms. The summed E-state index contributed by atoms with van der Waals surface area (Å²) in [6.07, 6.45) is 10.8. The third kappa shape index (κ3) is 16.8. The molecule has 31 nitrogen and oxygen atoms in total. The van der Waals surface area contributed by atoms with Crippen LogP contribution < -0.4 is 41.2 Å². The first kappa shape index (κ1) is 89.1. The third-order valence-corrected chi connectivity index (χ3v) is 24.7. The number of ether oxygens (including phenoxy) is 2. The van der Waals surface area contributed by atoms with Crippen molar-refractivity contribution in [3.05, 3.63) is 229 Å². The first-order chi connectivity index (χ1) is 63.4. The third-order valence-electron chi connectivity index (χ3n) is 24.7. The predicted molar refractivity (Wildman–Crippen MR) is 479 cm³/mol. The number of fused-ring (bicyclic) bond motifs is 3. The largest absolute Gasteiger partial charge is 0.507 e. The maximum absolute atomic E-state index is 16.0. The van der Waals surface area contributed by atoms with E-state index in [1.54, 1.807) is 32.6 Å². The zero-order valence-electron chi connectivity index (χ0n) is 73.4. The molecule has 7 aliphatic rings. The van der Waals surface area contributed by atoms with Crippen LogP contribution in [0.15, 0.2) is 137 Å². The zero-order chi connectivity index (χ0) is 93.4. The Kier molecular flexibility index (Phi) is 24.2. The lowest BCUT2D eigenvalue weighted by Gasteiger charge is -2.40. The summed E-state index contributed by atoms with van der Waals surface area (Å²) in [6.45, 7) is 24.7. The molecule has 9 aromatic heterocycles. The molecule has 132 heavy (non-hydrogen) atoms. The number of carbonyl (C=O) groups excluding carboxylic acids is 3. The number of nitrogens with zero attached hydrogens (tertiary/aromatic N) is 21. The fourth-order valence-electron chi connectivity index (χ4n) is 17.7. The van der Waals surface area contributed by atoms with Gasteiger partial charge in [-0.2, -0.15) is 40.1 Å². The number of hydrogen-bond donors (Lipinski definition) is 2. The molecule has 12 aromatic rings. The minimum Gasteiger partial charge on any atom is -0.507 e. The van der Waals surface area contributed by atoms with E-state index < -0.39 is 86.0 Å². The van der Waals surface area contributed by atoms with Crippen molar-refractivity contribution in [3.63, 3.8) is 0 Å². The Balaban J connectivity index is 0.000000138. The number of phenolic OH excluding ortho intramolecular Hbond substituents is 2. The summed E-state index contributed by atoms with van der Waals surface area (Å²) in [5.74, 6) is -5.98. The Labute approximate surface area is 751 Å². The Morgan fingerprint density at radius 1 is 0.447 bits per heavy atom. The number of phenols is 2. The van der Waals surface area contributed by atoms with Gasteiger partial charge in [-0.15, -0.1) is 0 Å². The summed E-state index contributed by atoms with van der Waals surface area (Å²) in [6, 6.07) is 19.7. The van der Waals surface area contributed by atoms with Gasteiger partial charge in [-0.05, 0) is 169 Å². The highest BCUT2D eigenvalue weighted by molar-refractivity contribution is 5.95. The normalized spacial score (nSPS) is 17.4. The van der Waals surface area contributed by atoms with Gasteiger partial charge in [0.15, 0.2) is 28.6 Å². The van der Waals surface area contributed by atoms with Crippen molar-refractivity contribution in [1.29, 1.82) is 5.26 Å². The smallest absolute Gasteiger partial charge is 0.355 e. The van der Waals surface area contributed by atoms with Gasteiger partial charge in [-0.25, -0.2) is 74.4 Å². The van der Waals surface area contributed by atoms with Crippen LogP contribution in [-0.4, -0.2) is 202 Å². The fourth-order valence-corrected chi connectivity index (χ4v) is 17.7. The second-order valence-corrected chi connectivity index (χ2v) is 34.2. The minimum absolute atomic E-state index is 0.0232. The van der Waals surface area contributed by atoms with Crippen LogP contribution in [-0.2, 0) is 14.4 Å². The number of anilines is 3. The molecule has 12 heterocycles. The summed E-state index contributed by atoms with van der Waals surface area (Å²) >= 11 is 0. The quantitative estimate of drug-likeness (QED) is 0.0561. The molecule has 4 saturated carbocycles. The standard InChI is InChI=1S/C32H31F2N7O4.C32H31F2N7O3.C31H29F2N7O3/c1-4-23(43)39-12-13-40(16(2)15-39)29-19-14-21(34)27(24-20(33)6-5-7-22(24)42)35-30(19)41(32(44)38-29)28-25(17-8-9-17)36-31(45-3)37-26(28)18-10-11-18;1-4-24(42)39-13-14-40(17(2)16-39)29-21-15-23(34)27(20-7-5-6-8-22(20)33)35-30(21)41(32(43)38-29)28-25(18-9-10-18)36-31(44-3)37-26(28)19-11-12-19;1-6-24(42)38-10-11-39(18(5)15-38)29-20-13-22(33)27(25-21(32)8-7-9-23(25)41)36-30(20)40(31(43)37-29)28-17(4)12-19(14-34)35-26(28)16(2)3/h4-7,14,16-18,42H,1,8-13,15H2,2-3H3;4-8,15,17-19H,1,9-14,16H2,2-3H3;6-9,12-13,16,18,41H,1,10-11,15H2,2-5H3/t16-;17-;18-/m000/s1. The molecule has 3 saturated heterocycles. The van der Waals surface area contributed by atoms with E-state index in [-0.39, 0.29) is 145 Å². The molecule has 0 radical (unpaired) electrons. The van der Waals surface area contributed by atoms with Crippen LogP contribution in [0.1, 0.15) is 155 Å². The number of benzene rings is 3. The highest BCUT2D eigenvalue weighted by Crippen LogP contribution is 2.52. The lowest BCUT2D eigenvalue weighted by molar-refractivity contribution is -0.127. The van der Waals surface area contributed by atoms with E-state index in [1.807, 2.05) is 50.5 Å². The Bertz CT molecular complexity index is 6920. The van der Waals surface area contributed by atoms with Crippen molar-refractivity contribution < 1.29 is 60.4 Å². The summed E-state index contributed by atoms with van der Waals surface area (Å²) in [4.78, 5) is 140. The van der Waals surface area contributed by atoms with Gasteiger partial charge < -0.3 is 49.1 Å². The first-order valence-corrected chi connectivity index (χ1v) is 43.4. The van der Waals surface area contributed by atoms with Gasteiger partial charge in [-0.3, -0.25) is 14.4 Å². The highest BCUT2D eigenvalue weighted by Gasteiger charge is 2.43.